The SMILES string of the molecule is O=C(NC1C[C@H]2CC[C@@H](C1)N2Cc1ccccn1)c1ccc2cc[nH]c2c1. The van der Waals surface area contributed by atoms with Crippen LogP contribution >= 0.6 is 0 Å². The minimum Gasteiger partial charge on any atom is -0.361 e. The molecule has 2 N–H and O–H groups in total. The minimum atomic E-state index is 0.0362. The lowest BCUT2D eigenvalue weighted by Crippen LogP contribution is -2.50. The van der Waals surface area contributed by atoms with E-state index in [0.717, 1.165) is 41.5 Å². The second-order valence-corrected chi connectivity index (χ2v) is 7.80. The van der Waals surface area contributed by atoms with Crippen molar-refractivity contribution in [3.05, 3.63) is 66.1 Å². The number of carbonyl (C=O) groups excluding carboxylic acids is 1. The van der Waals surface area contributed by atoms with Crippen LogP contribution in [-0.4, -0.2) is 38.9 Å². The third-order valence-electron chi connectivity index (χ3n) is 6.11. The molecule has 5 nitrogen and oxygen atoms in total. The third-order valence-corrected chi connectivity index (χ3v) is 6.11. The molecule has 2 bridgehead atoms. The molecule has 5 heteroatoms. The molecule has 4 heterocycles. The summed E-state index contributed by atoms with van der Waals surface area (Å²) < 4.78 is 0. The van der Waals surface area contributed by atoms with Crippen LogP contribution in [0.25, 0.3) is 10.9 Å². The van der Waals surface area contributed by atoms with Crippen molar-refractivity contribution >= 4 is 16.8 Å². The van der Waals surface area contributed by atoms with Gasteiger partial charge in [0.05, 0.1) is 5.69 Å². The molecule has 0 radical (unpaired) electrons. The molecule has 2 aromatic heterocycles. The van der Waals surface area contributed by atoms with E-state index in [1.54, 1.807) is 0 Å². The molecule has 0 aliphatic carbocycles. The van der Waals surface area contributed by atoms with Crippen molar-refractivity contribution in [3.63, 3.8) is 0 Å². The molecule has 2 fully saturated rings. The van der Waals surface area contributed by atoms with Gasteiger partial charge in [0, 0.05) is 48.1 Å². The van der Waals surface area contributed by atoms with Crippen LogP contribution in [-0.2, 0) is 6.54 Å². The number of nitrogens with zero attached hydrogens (tertiary/aromatic N) is 2. The van der Waals surface area contributed by atoms with Crippen molar-refractivity contribution in [2.75, 3.05) is 0 Å². The van der Waals surface area contributed by atoms with E-state index in [4.69, 9.17) is 0 Å². The van der Waals surface area contributed by atoms with Gasteiger partial charge in [-0.25, -0.2) is 0 Å². The van der Waals surface area contributed by atoms with Gasteiger partial charge in [0.25, 0.3) is 5.91 Å². The zero-order chi connectivity index (χ0) is 18.2. The van der Waals surface area contributed by atoms with E-state index < -0.39 is 0 Å². The molecular weight excluding hydrogens is 336 g/mol. The smallest absolute Gasteiger partial charge is 0.251 e. The molecule has 0 saturated carbocycles. The Bertz CT molecular complexity index is 937. The van der Waals surface area contributed by atoms with Crippen LogP contribution in [0.5, 0.6) is 0 Å². The molecule has 0 spiro atoms. The Hall–Kier alpha value is -2.66. The Morgan fingerprint density at radius 2 is 2.00 bits per heavy atom. The van der Waals surface area contributed by atoms with E-state index in [0.29, 0.717) is 12.1 Å². The monoisotopic (exact) mass is 360 g/mol. The summed E-state index contributed by atoms with van der Waals surface area (Å²) >= 11 is 0. The normalized spacial score (nSPS) is 25.0. The number of aromatic nitrogens is 2. The van der Waals surface area contributed by atoms with Gasteiger partial charge in [0.2, 0.25) is 0 Å². The molecule has 1 amide bonds. The fraction of sp³-hybridized carbons (Fsp3) is 0.364. The summed E-state index contributed by atoms with van der Waals surface area (Å²) in [6, 6.07) is 15.3. The van der Waals surface area contributed by atoms with Gasteiger partial charge in [-0.3, -0.25) is 14.7 Å². The highest BCUT2D eigenvalue weighted by molar-refractivity contribution is 5.98. The molecule has 27 heavy (non-hydrogen) atoms. The summed E-state index contributed by atoms with van der Waals surface area (Å²) in [5, 5.41) is 4.41. The van der Waals surface area contributed by atoms with Gasteiger partial charge in [0.1, 0.15) is 0 Å². The number of H-pyrrole nitrogens is 1. The molecule has 2 aliphatic heterocycles. The molecule has 3 aromatic rings. The summed E-state index contributed by atoms with van der Waals surface area (Å²) in [6.07, 6.45) is 8.27. The third kappa shape index (κ3) is 3.23. The minimum absolute atomic E-state index is 0.0362. The van der Waals surface area contributed by atoms with Crippen LogP contribution in [0.1, 0.15) is 41.7 Å². The molecular formula is C22H24N4O. The fourth-order valence-corrected chi connectivity index (χ4v) is 4.79. The maximum absolute atomic E-state index is 12.7. The van der Waals surface area contributed by atoms with E-state index in [9.17, 15) is 4.79 Å². The first kappa shape index (κ1) is 16.5. The Morgan fingerprint density at radius 3 is 2.78 bits per heavy atom. The van der Waals surface area contributed by atoms with Crippen molar-refractivity contribution in [3.8, 4) is 0 Å². The van der Waals surface area contributed by atoms with Gasteiger partial charge in [-0.05, 0) is 61.4 Å². The summed E-state index contributed by atoms with van der Waals surface area (Å²) in [4.78, 5) is 23.0. The van der Waals surface area contributed by atoms with Crippen molar-refractivity contribution in [1.29, 1.82) is 0 Å². The number of pyridine rings is 1. The van der Waals surface area contributed by atoms with Crippen LogP contribution in [0.15, 0.2) is 54.9 Å². The number of hydrogen-bond donors (Lipinski definition) is 2. The van der Waals surface area contributed by atoms with Gasteiger partial charge < -0.3 is 10.3 Å². The largest absolute Gasteiger partial charge is 0.361 e. The summed E-state index contributed by atoms with van der Waals surface area (Å²) in [5.41, 5.74) is 2.87. The van der Waals surface area contributed by atoms with Crippen LogP contribution < -0.4 is 5.32 Å². The first-order valence-corrected chi connectivity index (χ1v) is 9.80. The van der Waals surface area contributed by atoms with Crippen LogP contribution in [0.2, 0.25) is 0 Å². The summed E-state index contributed by atoms with van der Waals surface area (Å²) in [6.45, 7) is 0.917. The zero-order valence-corrected chi connectivity index (χ0v) is 15.3. The van der Waals surface area contributed by atoms with E-state index in [2.05, 4.69) is 32.3 Å². The van der Waals surface area contributed by atoms with Crippen molar-refractivity contribution in [2.24, 2.45) is 0 Å². The Labute approximate surface area is 158 Å². The Kier molecular flexibility index (Phi) is 4.17. The highest BCUT2D eigenvalue weighted by atomic mass is 16.1. The number of nitrogens with one attached hydrogen (secondary N) is 2. The Morgan fingerprint density at radius 1 is 1.15 bits per heavy atom. The maximum Gasteiger partial charge on any atom is 0.251 e. The predicted octanol–water partition coefficient (Wildman–Crippen LogP) is 3.49. The first-order chi connectivity index (χ1) is 13.3. The molecule has 2 aliphatic rings. The number of carbonyl (C=O) groups is 1. The van der Waals surface area contributed by atoms with E-state index in [1.165, 1.54) is 12.8 Å². The van der Waals surface area contributed by atoms with Crippen LogP contribution in [0.3, 0.4) is 0 Å². The average molecular weight is 360 g/mol. The number of piperidine rings is 1. The lowest BCUT2D eigenvalue weighted by molar-refractivity contribution is 0.0824. The van der Waals surface area contributed by atoms with Gasteiger partial charge in [-0.15, -0.1) is 0 Å². The van der Waals surface area contributed by atoms with E-state index >= 15 is 0 Å². The number of hydrogen-bond acceptors (Lipinski definition) is 3. The Balaban J connectivity index is 1.25. The van der Waals surface area contributed by atoms with Crippen molar-refractivity contribution in [2.45, 2.75) is 50.4 Å². The van der Waals surface area contributed by atoms with Gasteiger partial charge in [0.15, 0.2) is 0 Å². The molecule has 3 atom stereocenters. The topological polar surface area (TPSA) is 61.0 Å². The van der Waals surface area contributed by atoms with Crippen LogP contribution in [0.4, 0.5) is 0 Å². The van der Waals surface area contributed by atoms with Gasteiger partial charge >= 0.3 is 0 Å². The molecule has 5 rings (SSSR count). The van der Waals surface area contributed by atoms with E-state index in [-0.39, 0.29) is 11.9 Å². The van der Waals surface area contributed by atoms with Gasteiger partial charge in [-0.1, -0.05) is 12.1 Å². The number of amides is 1. The molecule has 2 saturated heterocycles. The van der Waals surface area contributed by atoms with E-state index in [1.807, 2.05) is 42.7 Å². The lowest BCUT2D eigenvalue weighted by atomic mass is 9.96. The number of rotatable bonds is 4. The summed E-state index contributed by atoms with van der Waals surface area (Å²) in [5.74, 6) is 0.0362. The average Bonchev–Trinajstić information content (AvgIpc) is 3.24. The first-order valence-electron chi connectivity index (χ1n) is 9.80. The quantitative estimate of drug-likeness (QED) is 0.749. The predicted molar refractivity (Wildman–Crippen MR) is 105 cm³/mol. The maximum atomic E-state index is 12.7. The van der Waals surface area contributed by atoms with Gasteiger partial charge in [-0.2, -0.15) is 0 Å². The molecule has 1 aromatic carbocycles. The van der Waals surface area contributed by atoms with Crippen LogP contribution in [0, 0.1) is 0 Å². The van der Waals surface area contributed by atoms with Crippen molar-refractivity contribution < 1.29 is 4.79 Å². The second kappa shape index (κ2) is 6.82. The second-order valence-electron chi connectivity index (χ2n) is 7.80. The van der Waals surface area contributed by atoms with Crippen molar-refractivity contribution in [1.82, 2.24) is 20.2 Å². The highest BCUT2D eigenvalue weighted by Gasteiger charge is 2.41. The highest BCUT2D eigenvalue weighted by Crippen LogP contribution is 2.36. The lowest BCUT2D eigenvalue weighted by Gasteiger charge is -2.39. The number of benzene rings is 1. The zero-order valence-electron chi connectivity index (χ0n) is 15.3. The summed E-state index contributed by atoms with van der Waals surface area (Å²) in [7, 11) is 0. The fourth-order valence-electron chi connectivity index (χ4n) is 4.79. The molecule has 1 unspecified atom stereocenters. The number of aromatic amines is 1. The number of fused-ring (bicyclic) bond motifs is 3. The standard InChI is InChI=1S/C22H24N4O/c27-22(16-5-4-15-8-10-24-21(15)11-16)25-18-12-19-6-7-20(13-18)26(19)14-17-3-1-2-9-23-17/h1-5,8-11,18-20,24H,6-7,12-14H2,(H,25,27)/t18?,19-,20+. The molecule has 138 valence electrons.